The summed E-state index contributed by atoms with van der Waals surface area (Å²) in [6, 6.07) is 5.51. The van der Waals surface area contributed by atoms with E-state index in [-0.39, 0.29) is 0 Å². The molecule has 0 fully saturated rings. The third-order valence-electron chi connectivity index (χ3n) is 2.30. The summed E-state index contributed by atoms with van der Waals surface area (Å²) in [5, 5.41) is 6.52. The Hall–Kier alpha value is -2.28. The molecule has 0 saturated heterocycles. The highest BCUT2D eigenvalue weighted by molar-refractivity contribution is 7.80. The molecular weight excluding hydrogens is 262 g/mol. The molecule has 0 radical (unpaired) electrons. The third-order valence-corrected chi connectivity index (χ3v) is 2.54. The number of aromatic nitrogens is 3. The standard InChI is InChI=1S/C12H13N5OS/c1-18-11-6-10(15-8-16-11)17-12(19)14-7-9-2-4-13-5-3-9/h2-6,8H,7H2,1H3,(H2,14,15,16,17,19). The Balaban J connectivity index is 1.87. The fourth-order valence-electron chi connectivity index (χ4n) is 1.36. The first-order chi connectivity index (χ1) is 9.28. The normalized spacial score (nSPS) is 9.74. The Bertz CT molecular complexity index is 549. The summed E-state index contributed by atoms with van der Waals surface area (Å²) < 4.78 is 5.00. The van der Waals surface area contributed by atoms with E-state index < -0.39 is 0 Å². The summed E-state index contributed by atoms with van der Waals surface area (Å²) >= 11 is 5.18. The predicted molar refractivity (Wildman–Crippen MR) is 75.9 cm³/mol. The summed E-state index contributed by atoms with van der Waals surface area (Å²) in [6.45, 7) is 0.622. The minimum atomic E-state index is 0.481. The Morgan fingerprint density at radius 1 is 1.32 bits per heavy atom. The first-order valence-corrected chi connectivity index (χ1v) is 5.98. The number of nitrogens with zero attached hydrogens (tertiary/aromatic N) is 3. The zero-order chi connectivity index (χ0) is 13.5. The highest BCUT2D eigenvalue weighted by Crippen LogP contribution is 2.09. The first kappa shape index (κ1) is 13.2. The molecule has 0 amide bonds. The van der Waals surface area contributed by atoms with Crippen molar-refractivity contribution in [3.05, 3.63) is 42.5 Å². The summed E-state index contributed by atoms with van der Waals surface area (Å²) in [5.41, 5.74) is 1.10. The summed E-state index contributed by atoms with van der Waals surface area (Å²) in [5.74, 6) is 1.06. The van der Waals surface area contributed by atoms with Gasteiger partial charge in [-0.25, -0.2) is 9.97 Å². The number of nitrogens with one attached hydrogen (secondary N) is 2. The Labute approximate surface area is 116 Å². The number of rotatable bonds is 4. The van der Waals surface area contributed by atoms with Gasteiger partial charge in [0.2, 0.25) is 5.88 Å². The average Bonchev–Trinajstić information content (AvgIpc) is 2.46. The van der Waals surface area contributed by atoms with Crippen LogP contribution in [0.1, 0.15) is 5.56 Å². The molecule has 7 heteroatoms. The SMILES string of the molecule is COc1cc(NC(=S)NCc2ccncc2)ncn1. The van der Waals surface area contributed by atoms with Crippen LogP contribution in [-0.2, 0) is 6.54 Å². The molecule has 0 saturated carbocycles. The molecule has 0 bridgehead atoms. The lowest BCUT2D eigenvalue weighted by Crippen LogP contribution is -2.28. The number of methoxy groups -OCH3 is 1. The monoisotopic (exact) mass is 275 g/mol. The quantitative estimate of drug-likeness (QED) is 0.816. The lowest BCUT2D eigenvalue weighted by atomic mass is 10.3. The molecule has 98 valence electrons. The molecule has 0 aliphatic heterocycles. The van der Waals surface area contributed by atoms with Gasteiger partial charge in [0.25, 0.3) is 0 Å². The first-order valence-electron chi connectivity index (χ1n) is 5.57. The van der Waals surface area contributed by atoms with Gasteiger partial charge in [0.05, 0.1) is 7.11 Å². The van der Waals surface area contributed by atoms with Gasteiger partial charge in [0.1, 0.15) is 12.1 Å². The minimum absolute atomic E-state index is 0.481. The van der Waals surface area contributed by atoms with Gasteiger partial charge in [-0.15, -0.1) is 0 Å². The Morgan fingerprint density at radius 2 is 2.11 bits per heavy atom. The predicted octanol–water partition coefficient (Wildman–Crippen LogP) is 1.37. The number of hydrogen-bond donors (Lipinski definition) is 2. The van der Waals surface area contributed by atoms with E-state index >= 15 is 0 Å². The van der Waals surface area contributed by atoms with Crippen molar-refractivity contribution in [1.29, 1.82) is 0 Å². The molecule has 0 spiro atoms. The largest absolute Gasteiger partial charge is 0.481 e. The third kappa shape index (κ3) is 4.14. The van der Waals surface area contributed by atoms with Gasteiger partial charge < -0.3 is 15.4 Å². The van der Waals surface area contributed by atoms with Crippen molar-refractivity contribution < 1.29 is 4.74 Å². The molecule has 0 aliphatic rings. The molecular formula is C12H13N5OS. The van der Waals surface area contributed by atoms with Crippen molar-refractivity contribution in [3.8, 4) is 5.88 Å². The van der Waals surface area contributed by atoms with Gasteiger partial charge >= 0.3 is 0 Å². The van der Waals surface area contributed by atoms with E-state index in [0.29, 0.717) is 23.4 Å². The topological polar surface area (TPSA) is 72.0 Å². The molecule has 0 aromatic carbocycles. The van der Waals surface area contributed by atoms with Crippen LogP contribution in [0.2, 0.25) is 0 Å². The maximum atomic E-state index is 5.18. The lowest BCUT2D eigenvalue weighted by molar-refractivity contribution is 0.397. The maximum Gasteiger partial charge on any atom is 0.218 e. The number of thiocarbonyl (C=S) groups is 1. The molecule has 2 rings (SSSR count). The van der Waals surface area contributed by atoms with Gasteiger partial charge in [-0.1, -0.05) is 0 Å². The Morgan fingerprint density at radius 3 is 2.84 bits per heavy atom. The van der Waals surface area contributed by atoms with Crippen LogP contribution >= 0.6 is 12.2 Å². The second-order valence-corrected chi connectivity index (χ2v) is 4.02. The summed E-state index contributed by atoms with van der Waals surface area (Å²) in [7, 11) is 1.55. The highest BCUT2D eigenvalue weighted by Gasteiger charge is 2.01. The van der Waals surface area contributed by atoms with Crippen LogP contribution in [-0.4, -0.2) is 27.2 Å². The zero-order valence-corrected chi connectivity index (χ0v) is 11.1. The van der Waals surface area contributed by atoms with Crippen molar-refractivity contribution in [2.75, 3.05) is 12.4 Å². The van der Waals surface area contributed by atoms with Crippen LogP contribution in [0.25, 0.3) is 0 Å². The zero-order valence-electron chi connectivity index (χ0n) is 10.3. The van der Waals surface area contributed by atoms with Gasteiger partial charge in [-0.2, -0.15) is 0 Å². The van der Waals surface area contributed by atoms with E-state index in [1.54, 1.807) is 25.6 Å². The summed E-state index contributed by atoms with van der Waals surface area (Å²) in [4.78, 5) is 11.9. The van der Waals surface area contributed by atoms with E-state index in [9.17, 15) is 0 Å². The number of ether oxygens (including phenoxy) is 1. The number of pyridine rings is 1. The van der Waals surface area contributed by atoms with E-state index in [1.165, 1.54) is 6.33 Å². The summed E-state index contributed by atoms with van der Waals surface area (Å²) in [6.07, 6.45) is 4.89. The number of hydrogen-bond acceptors (Lipinski definition) is 5. The fourth-order valence-corrected chi connectivity index (χ4v) is 1.54. The fraction of sp³-hybridized carbons (Fsp3) is 0.167. The van der Waals surface area contributed by atoms with E-state index in [2.05, 4.69) is 25.6 Å². The second kappa shape index (κ2) is 6.60. The molecule has 2 N–H and O–H groups in total. The van der Waals surface area contributed by atoms with Crippen molar-refractivity contribution in [1.82, 2.24) is 20.3 Å². The van der Waals surface area contributed by atoms with Gasteiger partial charge in [-0.3, -0.25) is 4.98 Å². The molecule has 2 aromatic rings. The lowest BCUT2D eigenvalue weighted by Gasteiger charge is -2.10. The van der Waals surface area contributed by atoms with Crippen LogP contribution in [0, 0.1) is 0 Å². The van der Waals surface area contributed by atoms with E-state index in [0.717, 1.165) is 5.56 Å². The van der Waals surface area contributed by atoms with E-state index in [1.807, 2.05) is 12.1 Å². The van der Waals surface area contributed by atoms with Gasteiger partial charge in [0.15, 0.2) is 5.11 Å². The van der Waals surface area contributed by atoms with Crippen molar-refractivity contribution in [2.45, 2.75) is 6.54 Å². The molecule has 0 atom stereocenters. The van der Waals surface area contributed by atoms with Crippen LogP contribution in [0.5, 0.6) is 5.88 Å². The molecule has 0 unspecified atom stereocenters. The van der Waals surface area contributed by atoms with Crippen molar-refractivity contribution in [3.63, 3.8) is 0 Å². The van der Waals surface area contributed by atoms with Crippen molar-refractivity contribution in [2.24, 2.45) is 0 Å². The molecule has 2 aromatic heterocycles. The van der Waals surface area contributed by atoms with Crippen LogP contribution < -0.4 is 15.4 Å². The molecule has 0 aliphatic carbocycles. The van der Waals surface area contributed by atoms with Gasteiger partial charge in [0, 0.05) is 25.0 Å². The van der Waals surface area contributed by atoms with Crippen LogP contribution in [0.15, 0.2) is 36.9 Å². The molecule has 19 heavy (non-hydrogen) atoms. The minimum Gasteiger partial charge on any atom is -0.481 e. The van der Waals surface area contributed by atoms with Crippen LogP contribution in [0.4, 0.5) is 5.82 Å². The highest BCUT2D eigenvalue weighted by atomic mass is 32.1. The molecule has 6 nitrogen and oxygen atoms in total. The van der Waals surface area contributed by atoms with E-state index in [4.69, 9.17) is 17.0 Å². The second-order valence-electron chi connectivity index (χ2n) is 3.61. The Kier molecular flexibility index (Phi) is 4.57. The van der Waals surface area contributed by atoms with Gasteiger partial charge in [-0.05, 0) is 29.9 Å². The average molecular weight is 275 g/mol. The maximum absolute atomic E-state index is 5.18. The number of anilines is 1. The smallest absolute Gasteiger partial charge is 0.218 e. The van der Waals surface area contributed by atoms with Crippen LogP contribution in [0.3, 0.4) is 0 Å². The van der Waals surface area contributed by atoms with Crippen molar-refractivity contribution >= 4 is 23.1 Å². The molecule has 2 heterocycles.